The van der Waals surface area contributed by atoms with Crippen molar-refractivity contribution in [2.45, 2.75) is 32.1 Å². The Kier molecular flexibility index (Phi) is 6.19. The molecule has 1 aromatic rings. The molecule has 0 amide bonds. The zero-order valence-electron chi connectivity index (χ0n) is 14.6. The maximum Gasteiger partial charge on any atom is 0.193 e. The summed E-state index contributed by atoms with van der Waals surface area (Å²) >= 11 is 0. The van der Waals surface area contributed by atoms with E-state index in [9.17, 15) is 13.6 Å². The van der Waals surface area contributed by atoms with E-state index in [0.717, 1.165) is 44.2 Å². The summed E-state index contributed by atoms with van der Waals surface area (Å²) in [6.45, 7) is 4.82. The molecule has 136 valence electrons. The summed E-state index contributed by atoms with van der Waals surface area (Å²) in [5, 5.41) is 0. The van der Waals surface area contributed by atoms with Gasteiger partial charge in [-0.05, 0) is 30.9 Å². The molecule has 1 saturated carbocycles. The molecule has 0 N–H and O–H groups in total. The molecular formula is C20H26F2N2O. The normalized spacial score (nSPS) is 20.3. The van der Waals surface area contributed by atoms with Gasteiger partial charge in [-0.25, -0.2) is 8.78 Å². The van der Waals surface area contributed by atoms with Crippen LogP contribution in [-0.4, -0.2) is 48.3 Å². The highest BCUT2D eigenvalue weighted by atomic mass is 19.1. The molecule has 1 saturated heterocycles. The van der Waals surface area contributed by atoms with Gasteiger partial charge in [0.2, 0.25) is 0 Å². The van der Waals surface area contributed by atoms with Crippen molar-refractivity contribution in [3.63, 3.8) is 0 Å². The van der Waals surface area contributed by atoms with Crippen LogP contribution >= 0.6 is 0 Å². The predicted octanol–water partition coefficient (Wildman–Crippen LogP) is 3.86. The van der Waals surface area contributed by atoms with Crippen LogP contribution in [0.2, 0.25) is 0 Å². The van der Waals surface area contributed by atoms with Gasteiger partial charge in [-0.2, -0.15) is 0 Å². The lowest BCUT2D eigenvalue weighted by Crippen LogP contribution is -2.45. The minimum Gasteiger partial charge on any atom is -0.375 e. The molecule has 0 aromatic heterocycles. The monoisotopic (exact) mass is 348 g/mol. The fraction of sp³-hybridized carbons (Fsp3) is 0.550. The Hall–Kier alpha value is -1.75. The van der Waals surface area contributed by atoms with Crippen molar-refractivity contribution in [2.75, 3.05) is 32.7 Å². The Morgan fingerprint density at radius 1 is 1.04 bits per heavy atom. The van der Waals surface area contributed by atoms with Gasteiger partial charge in [0.25, 0.3) is 0 Å². The number of hydrogen-bond acceptors (Lipinski definition) is 3. The Morgan fingerprint density at radius 3 is 2.32 bits per heavy atom. The van der Waals surface area contributed by atoms with Gasteiger partial charge in [-0.15, -0.1) is 0 Å². The number of benzene rings is 1. The van der Waals surface area contributed by atoms with E-state index >= 15 is 0 Å². The van der Waals surface area contributed by atoms with Gasteiger partial charge in [0, 0.05) is 45.0 Å². The molecule has 3 rings (SSSR count). The first-order valence-electron chi connectivity index (χ1n) is 9.26. The number of hydrogen-bond donors (Lipinski definition) is 0. The van der Waals surface area contributed by atoms with Crippen LogP contribution < -0.4 is 0 Å². The Morgan fingerprint density at radius 2 is 1.68 bits per heavy atom. The number of carbonyl (C=O) groups excluding carboxylic acids is 1. The minimum absolute atomic E-state index is 0.477. The lowest BCUT2D eigenvalue weighted by molar-refractivity contribution is 0.103. The van der Waals surface area contributed by atoms with E-state index in [2.05, 4.69) is 4.90 Å². The zero-order chi connectivity index (χ0) is 17.6. The molecule has 1 heterocycles. The van der Waals surface area contributed by atoms with Crippen molar-refractivity contribution in [1.82, 2.24) is 9.80 Å². The molecule has 0 bridgehead atoms. The van der Waals surface area contributed by atoms with Crippen LogP contribution in [0.15, 0.2) is 30.5 Å². The highest BCUT2D eigenvalue weighted by Crippen LogP contribution is 2.24. The van der Waals surface area contributed by atoms with Crippen LogP contribution in [-0.2, 0) is 0 Å². The maximum atomic E-state index is 13.6. The first kappa shape index (κ1) is 18.1. The van der Waals surface area contributed by atoms with Gasteiger partial charge >= 0.3 is 0 Å². The second-order valence-electron chi connectivity index (χ2n) is 7.12. The molecule has 25 heavy (non-hydrogen) atoms. The van der Waals surface area contributed by atoms with E-state index in [0.29, 0.717) is 0 Å². The molecule has 0 unspecified atom stereocenters. The Balaban J connectivity index is 1.48. The van der Waals surface area contributed by atoms with Crippen molar-refractivity contribution in [1.29, 1.82) is 0 Å². The third-order valence-electron chi connectivity index (χ3n) is 5.29. The summed E-state index contributed by atoms with van der Waals surface area (Å²) in [5.74, 6) is -1.42. The number of rotatable bonds is 5. The molecule has 2 aliphatic rings. The maximum absolute atomic E-state index is 13.6. The number of nitrogens with zero attached hydrogens (tertiary/aromatic N) is 2. The molecule has 5 heteroatoms. The van der Waals surface area contributed by atoms with Crippen LogP contribution in [0.5, 0.6) is 0 Å². The van der Waals surface area contributed by atoms with Crippen LogP contribution in [0.25, 0.3) is 0 Å². The van der Waals surface area contributed by atoms with Gasteiger partial charge < -0.3 is 4.90 Å². The third-order valence-corrected chi connectivity index (χ3v) is 5.29. The van der Waals surface area contributed by atoms with Crippen molar-refractivity contribution < 1.29 is 13.6 Å². The van der Waals surface area contributed by atoms with Crippen LogP contribution in [0, 0.1) is 17.6 Å². The number of allylic oxidation sites excluding steroid dienone is 1. The summed E-state index contributed by atoms with van der Waals surface area (Å²) in [5.41, 5.74) is -0.477. The predicted molar refractivity (Wildman–Crippen MR) is 94.4 cm³/mol. The highest BCUT2D eigenvalue weighted by molar-refractivity contribution is 6.04. The number of halogens is 2. The average molecular weight is 348 g/mol. The summed E-state index contributed by atoms with van der Waals surface area (Å²) in [7, 11) is 0. The fourth-order valence-electron chi connectivity index (χ4n) is 3.82. The molecule has 1 aromatic carbocycles. The second-order valence-corrected chi connectivity index (χ2v) is 7.12. The van der Waals surface area contributed by atoms with Crippen molar-refractivity contribution in [2.24, 2.45) is 5.92 Å². The lowest BCUT2D eigenvalue weighted by Gasteiger charge is -2.36. The highest BCUT2D eigenvalue weighted by Gasteiger charge is 2.21. The van der Waals surface area contributed by atoms with E-state index in [1.807, 2.05) is 4.90 Å². The molecule has 0 radical (unpaired) electrons. The minimum atomic E-state index is -0.813. The molecule has 0 atom stereocenters. The summed E-state index contributed by atoms with van der Waals surface area (Å²) in [6.07, 6.45) is 9.76. The first-order chi connectivity index (χ1) is 12.1. The van der Waals surface area contributed by atoms with Crippen LogP contribution in [0.3, 0.4) is 0 Å². The third kappa shape index (κ3) is 4.88. The number of piperazine rings is 1. The molecule has 3 nitrogen and oxygen atoms in total. The smallest absolute Gasteiger partial charge is 0.193 e. The van der Waals surface area contributed by atoms with Crippen molar-refractivity contribution >= 4 is 5.78 Å². The van der Waals surface area contributed by atoms with Gasteiger partial charge in [-0.3, -0.25) is 9.69 Å². The Bertz CT molecular complexity index is 598. The SMILES string of the molecule is O=C(C=CN1CCN(CC2CCCCC2)CC1)c1c(F)cccc1F. The second kappa shape index (κ2) is 8.56. The van der Waals surface area contributed by atoms with Gasteiger partial charge in [0.15, 0.2) is 5.78 Å². The van der Waals surface area contributed by atoms with Crippen molar-refractivity contribution in [3.8, 4) is 0 Å². The average Bonchev–Trinajstić information content (AvgIpc) is 2.62. The van der Waals surface area contributed by atoms with E-state index in [-0.39, 0.29) is 0 Å². The Labute approximate surface area is 148 Å². The van der Waals surface area contributed by atoms with E-state index in [4.69, 9.17) is 0 Å². The van der Waals surface area contributed by atoms with E-state index in [1.165, 1.54) is 50.8 Å². The van der Waals surface area contributed by atoms with Crippen LogP contribution in [0.4, 0.5) is 8.78 Å². The first-order valence-corrected chi connectivity index (χ1v) is 9.26. The van der Waals surface area contributed by atoms with Crippen LogP contribution in [0.1, 0.15) is 42.5 Å². The van der Waals surface area contributed by atoms with E-state index in [1.54, 1.807) is 6.20 Å². The van der Waals surface area contributed by atoms with Gasteiger partial charge in [0.1, 0.15) is 11.6 Å². The van der Waals surface area contributed by atoms with Gasteiger partial charge in [-0.1, -0.05) is 25.3 Å². The number of carbonyl (C=O) groups is 1. The summed E-state index contributed by atoms with van der Waals surface area (Å²) < 4.78 is 27.3. The standard InChI is InChI=1S/C20H26F2N2O/c21-17-7-4-8-18(22)20(17)19(25)9-10-23-11-13-24(14-12-23)15-16-5-2-1-3-6-16/h4,7-10,16H,1-3,5-6,11-15H2. The lowest BCUT2D eigenvalue weighted by atomic mass is 9.89. The summed E-state index contributed by atoms with van der Waals surface area (Å²) in [4.78, 5) is 16.6. The molecule has 1 aliphatic heterocycles. The van der Waals surface area contributed by atoms with E-state index < -0.39 is 23.0 Å². The topological polar surface area (TPSA) is 23.6 Å². The molecule has 2 fully saturated rings. The molecular weight excluding hydrogens is 322 g/mol. The summed E-state index contributed by atoms with van der Waals surface area (Å²) in [6, 6.07) is 3.47. The molecule has 0 spiro atoms. The number of ketones is 1. The largest absolute Gasteiger partial charge is 0.375 e. The fourth-order valence-corrected chi connectivity index (χ4v) is 3.82. The zero-order valence-corrected chi connectivity index (χ0v) is 14.6. The quantitative estimate of drug-likeness (QED) is 0.596. The molecule has 1 aliphatic carbocycles. The van der Waals surface area contributed by atoms with Gasteiger partial charge in [0.05, 0.1) is 5.56 Å². The van der Waals surface area contributed by atoms with Crippen molar-refractivity contribution in [3.05, 3.63) is 47.7 Å².